The van der Waals surface area contributed by atoms with Gasteiger partial charge in [-0.3, -0.25) is 14.9 Å². The van der Waals surface area contributed by atoms with Crippen LogP contribution in [0, 0.1) is 6.92 Å². The number of imide groups is 1. The third-order valence-corrected chi connectivity index (χ3v) is 2.65. The molecule has 0 saturated carbocycles. The minimum Gasteiger partial charge on any atom is -0.370 e. The lowest BCUT2D eigenvalue weighted by Gasteiger charge is -2.27. The molecule has 0 aromatic carbocycles. The summed E-state index contributed by atoms with van der Waals surface area (Å²) in [6.07, 6.45) is 1.43. The van der Waals surface area contributed by atoms with Crippen molar-refractivity contribution >= 4 is 23.5 Å². The molecule has 1 aliphatic heterocycles. The van der Waals surface area contributed by atoms with Crippen LogP contribution in [0.3, 0.4) is 0 Å². The minimum absolute atomic E-state index is 0.134. The molecule has 2 rings (SSSR count). The van der Waals surface area contributed by atoms with Crippen molar-refractivity contribution in [2.24, 2.45) is 0 Å². The number of aromatic nitrogens is 2. The van der Waals surface area contributed by atoms with Crippen molar-refractivity contribution in [2.75, 3.05) is 29.9 Å². The van der Waals surface area contributed by atoms with Crippen molar-refractivity contribution in [2.45, 2.75) is 13.8 Å². The maximum absolute atomic E-state index is 11.3. The van der Waals surface area contributed by atoms with Gasteiger partial charge in [-0.2, -0.15) is 0 Å². The highest BCUT2D eigenvalue weighted by Gasteiger charge is 2.25. The van der Waals surface area contributed by atoms with Crippen LogP contribution in [0.15, 0.2) is 6.33 Å². The Balaban J connectivity index is 2.30. The quantitative estimate of drug-likeness (QED) is 0.714. The second-order valence-electron chi connectivity index (χ2n) is 4.03. The molecule has 2 N–H and O–H groups in total. The first-order valence-electron chi connectivity index (χ1n) is 5.75. The highest BCUT2D eigenvalue weighted by molar-refractivity contribution is 6.02. The summed E-state index contributed by atoms with van der Waals surface area (Å²) in [6.45, 7) is 4.85. The normalized spacial score (nSPS) is 15.6. The van der Waals surface area contributed by atoms with E-state index in [1.807, 2.05) is 13.8 Å². The number of piperazine rings is 1. The van der Waals surface area contributed by atoms with E-state index in [9.17, 15) is 9.59 Å². The summed E-state index contributed by atoms with van der Waals surface area (Å²) in [5, 5.41) is 5.37. The number of carbonyl (C=O) groups excluding carboxylic acids is 2. The number of hydrogen-bond acceptors (Lipinski definition) is 6. The van der Waals surface area contributed by atoms with Crippen LogP contribution in [0.5, 0.6) is 0 Å². The van der Waals surface area contributed by atoms with Crippen LogP contribution in [-0.4, -0.2) is 41.4 Å². The van der Waals surface area contributed by atoms with Gasteiger partial charge in [0, 0.05) is 12.1 Å². The van der Waals surface area contributed by atoms with E-state index in [-0.39, 0.29) is 24.9 Å². The molecule has 7 nitrogen and oxygen atoms in total. The molecule has 1 aromatic rings. The van der Waals surface area contributed by atoms with Gasteiger partial charge in [0.1, 0.15) is 18.0 Å². The average Bonchev–Trinajstić information content (AvgIpc) is 2.31. The van der Waals surface area contributed by atoms with E-state index in [1.165, 1.54) is 6.33 Å². The zero-order valence-corrected chi connectivity index (χ0v) is 10.4. The van der Waals surface area contributed by atoms with Crippen LogP contribution in [0.2, 0.25) is 0 Å². The SMILES string of the molecule is CCNc1ncnc(N2CC(=O)NC(=O)C2)c1C. The van der Waals surface area contributed by atoms with Crippen LogP contribution < -0.4 is 15.5 Å². The zero-order chi connectivity index (χ0) is 13.1. The summed E-state index contributed by atoms with van der Waals surface area (Å²) >= 11 is 0. The fraction of sp³-hybridized carbons (Fsp3) is 0.455. The Labute approximate surface area is 105 Å². The Hall–Kier alpha value is -2.18. The van der Waals surface area contributed by atoms with E-state index in [0.717, 1.165) is 17.9 Å². The van der Waals surface area contributed by atoms with Crippen molar-refractivity contribution in [3.8, 4) is 0 Å². The third kappa shape index (κ3) is 2.39. The van der Waals surface area contributed by atoms with Gasteiger partial charge >= 0.3 is 0 Å². The Bertz CT molecular complexity index is 472. The highest BCUT2D eigenvalue weighted by Crippen LogP contribution is 2.22. The molecule has 0 bridgehead atoms. The summed E-state index contributed by atoms with van der Waals surface area (Å²) < 4.78 is 0. The molecule has 7 heteroatoms. The summed E-state index contributed by atoms with van der Waals surface area (Å²) in [7, 11) is 0. The molecule has 2 heterocycles. The molecule has 0 radical (unpaired) electrons. The van der Waals surface area contributed by atoms with E-state index in [0.29, 0.717) is 5.82 Å². The molecule has 96 valence electrons. The van der Waals surface area contributed by atoms with Crippen molar-refractivity contribution in [1.29, 1.82) is 0 Å². The minimum atomic E-state index is -0.311. The predicted molar refractivity (Wildman–Crippen MR) is 66.3 cm³/mol. The fourth-order valence-electron chi connectivity index (χ4n) is 1.89. The van der Waals surface area contributed by atoms with E-state index in [4.69, 9.17) is 0 Å². The van der Waals surface area contributed by atoms with E-state index < -0.39 is 0 Å². The summed E-state index contributed by atoms with van der Waals surface area (Å²) in [4.78, 5) is 32.6. The van der Waals surface area contributed by atoms with Crippen LogP contribution in [-0.2, 0) is 9.59 Å². The van der Waals surface area contributed by atoms with Gasteiger partial charge in [0.15, 0.2) is 0 Å². The summed E-state index contributed by atoms with van der Waals surface area (Å²) in [6, 6.07) is 0. The van der Waals surface area contributed by atoms with Crippen molar-refractivity contribution < 1.29 is 9.59 Å². The Morgan fingerprint density at radius 1 is 1.33 bits per heavy atom. The van der Waals surface area contributed by atoms with Crippen LogP contribution in [0.25, 0.3) is 0 Å². The Morgan fingerprint density at radius 2 is 2.00 bits per heavy atom. The molecule has 1 fully saturated rings. The number of hydrogen-bond donors (Lipinski definition) is 2. The summed E-state index contributed by atoms with van der Waals surface area (Å²) in [5.41, 5.74) is 0.835. The van der Waals surface area contributed by atoms with Crippen molar-refractivity contribution in [3.05, 3.63) is 11.9 Å². The molecule has 0 unspecified atom stereocenters. The van der Waals surface area contributed by atoms with Gasteiger partial charge in [-0.25, -0.2) is 9.97 Å². The van der Waals surface area contributed by atoms with Crippen molar-refractivity contribution in [1.82, 2.24) is 15.3 Å². The van der Waals surface area contributed by atoms with Crippen molar-refractivity contribution in [3.63, 3.8) is 0 Å². The molecule has 0 spiro atoms. The zero-order valence-electron chi connectivity index (χ0n) is 10.4. The fourth-order valence-corrected chi connectivity index (χ4v) is 1.89. The molecular formula is C11H15N5O2. The van der Waals surface area contributed by atoms with E-state index in [1.54, 1.807) is 4.90 Å². The van der Waals surface area contributed by atoms with Gasteiger partial charge in [-0.05, 0) is 13.8 Å². The van der Waals surface area contributed by atoms with Gasteiger partial charge in [0.05, 0.1) is 13.1 Å². The summed E-state index contributed by atoms with van der Waals surface area (Å²) in [5.74, 6) is 0.716. The molecule has 1 aliphatic rings. The topological polar surface area (TPSA) is 87.2 Å². The van der Waals surface area contributed by atoms with Crippen LogP contribution >= 0.6 is 0 Å². The lowest BCUT2D eigenvalue weighted by molar-refractivity contribution is -0.130. The van der Waals surface area contributed by atoms with E-state index >= 15 is 0 Å². The maximum Gasteiger partial charge on any atom is 0.246 e. The van der Waals surface area contributed by atoms with Gasteiger partial charge in [-0.15, -0.1) is 0 Å². The monoisotopic (exact) mass is 249 g/mol. The first kappa shape index (κ1) is 12.3. The second kappa shape index (κ2) is 4.99. The molecule has 1 aromatic heterocycles. The number of anilines is 2. The number of nitrogens with one attached hydrogen (secondary N) is 2. The van der Waals surface area contributed by atoms with E-state index in [2.05, 4.69) is 20.6 Å². The molecule has 2 amide bonds. The molecule has 0 atom stereocenters. The second-order valence-corrected chi connectivity index (χ2v) is 4.03. The van der Waals surface area contributed by atoms with Crippen LogP contribution in [0.4, 0.5) is 11.6 Å². The highest BCUT2D eigenvalue weighted by atomic mass is 16.2. The Morgan fingerprint density at radius 3 is 2.61 bits per heavy atom. The van der Waals surface area contributed by atoms with Gasteiger partial charge in [-0.1, -0.05) is 0 Å². The maximum atomic E-state index is 11.3. The largest absolute Gasteiger partial charge is 0.370 e. The number of carbonyl (C=O) groups is 2. The number of rotatable bonds is 3. The molecule has 18 heavy (non-hydrogen) atoms. The molecule has 0 aliphatic carbocycles. The predicted octanol–water partition coefficient (Wildman–Crippen LogP) is -0.320. The lowest BCUT2D eigenvalue weighted by Crippen LogP contribution is -2.52. The first-order chi connectivity index (χ1) is 8.61. The Kier molecular flexibility index (Phi) is 3.40. The molecular weight excluding hydrogens is 234 g/mol. The third-order valence-electron chi connectivity index (χ3n) is 2.65. The standard InChI is InChI=1S/C11H15N5O2/c1-3-12-10-7(2)11(14-6-13-10)16-4-8(17)15-9(18)5-16/h6H,3-5H2,1-2H3,(H,12,13,14)(H,15,17,18). The average molecular weight is 249 g/mol. The smallest absolute Gasteiger partial charge is 0.246 e. The van der Waals surface area contributed by atoms with Gasteiger partial charge < -0.3 is 10.2 Å². The number of nitrogens with zero attached hydrogens (tertiary/aromatic N) is 3. The lowest BCUT2D eigenvalue weighted by atomic mass is 10.2. The van der Waals surface area contributed by atoms with Gasteiger partial charge in [0.2, 0.25) is 11.8 Å². The number of amides is 2. The van der Waals surface area contributed by atoms with Crippen LogP contribution in [0.1, 0.15) is 12.5 Å². The van der Waals surface area contributed by atoms with Gasteiger partial charge in [0.25, 0.3) is 0 Å². The molecule has 1 saturated heterocycles. The first-order valence-corrected chi connectivity index (χ1v) is 5.75.